The average Bonchev–Trinajstić information content (AvgIpc) is 1.85. The van der Waals surface area contributed by atoms with E-state index in [9.17, 15) is 4.39 Å². The van der Waals surface area contributed by atoms with Crippen LogP contribution in [0.25, 0.3) is 0 Å². The third kappa shape index (κ3) is 1.65. The Morgan fingerprint density at radius 2 is 2.27 bits per heavy atom. The molecule has 0 spiro atoms. The number of aromatic nitrogens is 1. The van der Waals surface area contributed by atoms with Crippen molar-refractivity contribution in [1.29, 1.82) is 0 Å². The first-order chi connectivity index (χ1) is 5.11. The van der Waals surface area contributed by atoms with Gasteiger partial charge in [-0.3, -0.25) is 5.01 Å². The van der Waals surface area contributed by atoms with Crippen LogP contribution in [0.1, 0.15) is 5.56 Å². The number of nitrogens with zero attached hydrogens (tertiary/aromatic N) is 2. The van der Waals surface area contributed by atoms with Crippen LogP contribution in [0.2, 0.25) is 0 Å². The van der Waals surface area contributed by atoms with Gasteiger partial charge in [0.25, 0.3) is 0 Å². The van der Waals surface area contributed by atoms with Crippen molar-refractivity contribution in [2.75, 3.05) is 12.1 Å². The van der Waals surface area contributed by atoms with Gasteiger partial charge < -0.3 is 0 Å². The minimum atomic E-state index is -0.394. The molecule has 60 valence electrons. The van der Waals surface area contributed by atoms with Crippen LogP contribution in [0.5, 0.6) is 0 Å². The molecular formula is C7H10FN3. The number of anilines is 1. The Balaban J connectivity index is 3.09. The molecule has 1 aromatic rings. The SMILES string of the molecule is Cc1cnc(N(C)N)c(F)c1. The van der Waals surface area contributed by atoms with E-state index in [1.807, 2.05) is 0 Å². The fourth-order valence-electron chi connectivity index (χ4n) is 0.786. The van der Waals surface area contributed by atoms with Gasteiger partial charge >= 0.3 is 0 Å². The van der Waals surface area contributed by atoms with Crippen LogP contribution < -0.4 is 10.9 Å². The van der Waals surface area contributed by atoms with Crippen LogP contribution in [0.3, 0.4) is 0 Å². The first kappa shape index (κ1) is 7.94. The second-order valence-electron chi connectivity index (χ2n) is 2.43. The third-order valence-corrected chi connectivity index (χ3v) is 1.29. The average molecular weight is 155 g/mol. The molecule has 0 aliphatic heterocycles. The molecule has 4 heteroatoms. The van der Waals surface area contributed by atoms with E-state index >= 15 is 0 Å². The van der Waals surface area contributed by atoms with Gasteiger partial charge in [-0.25, -0.2) is 15.2 Å². The summed E-state index contributed by atoms with van der Waals surface area (Å²) in [4.78, 5) is 3.80. The van der Waals surface area contributed by atoms with Crippen LogP contribution >= 0.6 is 0 Å². The number of hydrazine groups is 1. The Morgan fingerprint density at radius 3 is 2.73 bits per heavy atom. The van der Waals surface area contributed by atoms with E-state index in [1.54, 1.807) is 20.2 Å². The molecule has 0 radical (unpaired) electrons. The van der Waals surface area contributed by atoms with E-state index < -0.39 is 5.82 Å². The molecule has 0 saturated carbocycles. The van der Waals surface area contributed by atoms with E-state index in [0.29, 0.717) is 0 Å². The van der Waals surface area contributed by atoms with Gasteiger partial charge in [0.15, 0.2) is 11.6 Å². The molecule has 0 fully saturated rings. The first-order valence-corrected chi connectivity index (χ1v) is 3.22. The smallest absolute Gasteiger partial charge is 0.178 e. The predicted octanol–water partition coefficient (Wildman–Crippen LogP) is 0.839. The van der Waals surface area contributed by atoms with Crippen LogP contribution in [-0.2, 0) is 0 Å². The van der Waals surface area contributed by atoms with Crippen LogP contribution in [-0.4, -0.2) is 12.0 Å². The van der Waals surface area contributed by atoms with Crippen molar-refractivity contribution in [2.45, 2.75) is 6.92 Å². The maximum absolute atomic E-state index is 12.9. The van der Waals surface area contributed by atoms with Crippen LogP contribution in [0.15, 0.2) is 12.3 Å². The number of rotatable bonds is 1. The largest absolute Gasteiger partial charge is 0.296 e. The normalized spacial score (nSPS) is 9.82. The highest BCUT2D eigenvalue weighted by Crippen LogP contribution is 2.12. The summed E-state index contributed by atoms with van der Waals surface area (Å²) in [5, 5.41) is 1.15. The molecule has 0 aromatic carbocycles. The van der Waals surface area contributed by atoms with Gasteiger partial charge in [-0.2, -0.15) is 0 Å². The summed E-state index contributed by atoms with van der Waals surface area (Å²) >= 11 is 0. The Labute approximate surface area is 64.6 Å². The van der Waals surface area contributed by atoms with Gasteiger partial charge in [0, 0.05) is 13.2 Å². The van der Waals surface area contributed by atoms with E-state index in [1.165, 1.54) is 6.07 Å². The number of halogens is 1. The van der Waals surface area contributed by atoms with E-state index in [-0.39, 0.29) is 5.82 Å². The van der Waals surface area contributed by atoms with Crippen molar-refractivity contribution in [3.8, 4) is 0 Å². The molecule has 11 heavy (non-hydrogen) atoms. The van der Waals surface area contributed by atoms with E-state index in [2.05, 4.69) is 4.98 Å². The zero-order valence-corrected chi connectivity index (χ0v) is 6.50. The van der Waals surface area contributed by atoms with Gasteiger partial charge in [0.1, 0.15) is 0 Å². The van der Waals surface area contributed by atoms with E-state index in [4.69, 9.17) is 5.84 Å². The Morgan fingerprint density at radius 1 is 1.64 bits per heavy atom. The summed E-state index contributed by atoms with van der Waals surface area (Å²) in [5.74, 6) is 5.06. The number of aryl methyl sites for hydroxylation is 1. The zero-order valence-electron chi connectivity index (χ0n) is 6.50. The highest BCUT2D eigenvalue weighted by Gasteiger charge is 2.04. The molecule has 1 aromatic heterocycles. The van der Waals surface area contributed by atoms with Gasteiger partial charge in [0.2, 0.25) is 0 Å². The zero-order chi connectivity index (χ0) is 8.43. The third-order valence-electron chi connectivity index (χ3n) is 1.29. The predicted molar refractivity (Wildman–Crippen MR) is 41.5 cm³/mol. The maximum atomic E-state index is 12.9. The second kappa shape index (κ2) is 2.84. The molecule has 1 heterocycles. The van der Waals surface area contributed by atoms with Crippen molar-refractivity contribution >= 4 is 5.82 Å². The molecule has 0 amide bonds. The maximum Gasteiger partial charge on any atom is 0.178 e. The minimum Gasteiger partial charge on any atom is -0.296 e. The van der Waals surface area contributed by atoms with Crippen LogP contribution in [0, 0.1) is 12.7 Å². The lowest BCUT2D eigenvalue weighted by atomic mass is 10.3. The molecule has 2 N–H and O–H groups in total. The number of nitrogens with two attached hydrogens (primary N) is 1. The Kier molecular flexibility index (Phi) is 2.05. The topological polar surface area (TPSA) is 42.2 Å². The molecule has 0 unspecified atom stereocenters. The summed E-state index contributed by atoms with van der Waals surface area (Å²) in [6.07, 6.45) is 1.57. The molecule has 0 aliphatic rings. The van der Waals surface area contributed by atoms with Gasteiger partial charge in [0.05, 0.1) is 0 Å². The Hall–Kier alpha value is -1.16. The van der Waals surface area contributed by atoms with Crippen molar-refractivity contribution < 1.29 is 4.39 Å². The monoisotopic (exact) mass is 155 g/mol. The van der Waals surface area contributed by atoms with Gasteiger partial charge in [-0.1, -0.05) is 0 Å². The lowest BCUT2D eigenvalue weighted by molar-refractivity contribution is 0.615. The quantitative estimate of drug-likeness (QED) is 0.482. The molecule has 0 saturated heterocycles. The molecule has 3 nitrogen and oxygen atoms in total. The minimum absolute atomic E-state index is 0.163. The lowest BCUT2D eigenvalue weighted by Gasteiger charge is -2.10. The summed E-state index contributed by atoms with van der Waals surface area (Å²) in [5.41, 5.74) is 0.785. The molecule has 1 rings (SSSR count). The van der Waals surface area contributed by atoms with E-state index in [0.717, 1.165) is 10.6 Å². The summed E-state index contributed by atoms with van der Waals surface area (Å²) in [6, 6.07) is 1.39. The van der Waals surface area contributed by atoms with Crippen molar-refractivity contribution in [1.82, 2.24) is 4.98 Å². The summed E-state index contributed by atoms with van der Waals surface area (Å²) < 4.78 is 12.9. The van der Waals surface area contributed by atoms with Crippen LogP contribution in [0.4, 0.5) is 10.2 Å². The first-order valence-electron chi connectivity index (χ1n) is 3.22. The highest BCUT2D eigenvalue weighted by molar-refractivity contribution is 5.37. The van der Waals surface area contributed by atoms with Crippen molar-refractivity contribution in [3.63, 3.8) is 0 Å². The molecule has 0 bridgehead atoms. The molecule has 0 atom stereocenters. The fraction of sp³-hybridized carbons (Fsp3) is 0.286. The molecular weight excluding hydrogens is 145 g/mol. The highest BCUT2D eigenvalue weighted by atomic mass is 19.1. The van der Waals surface area contributed by atoms with Gasteiger partial charge in [-0.15, -0.1) is 0 Å². The fourth-order valence-corrected chi connectivity index (χ4v) is 0.786. The number of hydrogen-bond acceptors (Lipinski definition) is 3. The number of pyridine rings is 1. The number of hydrogen-bond donors (Lipinski definition) is 1. The second-order valence-corrected chi connectivity index (χ2v) is 2.43. The molecule has 0 aliphatic carbocycles. The van der Waals surface area contributed by atoms with Gasteiger partial charge in [-0.05, 0) is 18.6 Å². The Bertz CT molecular complexity index is 260. The van der Waals surface area contributed by atoms with Crippen molar-refractivity contribution in [3.05, 3.63) is 23.6 Å². The standard InChI is InChI=1S/C7H10FN3/c1-5-3-6(8)7(10-4-5)11(2)9/h3-4H,9H2,1-2H3. The lowest BCUT2D eigenvalue weighted by Crippen LogP contribution is -2.27. The van der Waals surface area contributed by atoms with Crippen molar-refractivity contribution in [2.24, 2.45) is 5.84 Å². The summed E-state index contributed by atoms with van der Waals surface area (Å²) in [7, 11) is 1.54. The summed E-state index contributed by atoms with van der Waals surface area (Å²) in [6.45, 7) is 1.77.